The molecule has 3 rings (SSSR count). The highest BCUT2D eigenvalue weighted by atomic mass is 19.4. The van der Waals surface area contributed by atoms with Crippen molar-refractivity contribution in [2.24, 2.45) is 5.73 Å². The smallest absolute Gasteiger partial charge is 0.475 e. The van der Waals surface area contributed by atoms with Crippen molar-refractivity contribution in [1.82, 2.24) is 14.9 Å². The van der Waals surface area contributed by atoms with Gasteiger partial charge in [-0.2, -0.15) is 13.2 Å². The van der Waals surface area contributed by atoms with Crippen molar-refractivity contribution in [3.8, 4) is 0 Å². The van der Waals surface area contributed by atoms with E-state index >= 15 is 0 Å². The molecule has 236 valence electrons. The van der Waals surface area contributed by atoms with Gasteiger partial charge >= 0.3 is 17.8 Å². The zero-order chi connectivity index (χ0) is 30.7. The molecule has 8 N–H and O–H groups in total. The maximum Gasteiger partial charge on any atom is 0.490 e. The van der Waals surface area contributed by atoms with Gasteiger partial charge in [0.25, 0.3) is 5.56 Å². The van der Waals surface area contributed by atoms with E-state index in [0.29, 0.717) is 6.54 Å². The van der Waals surface area contributed by atoms with Crippen LogP contribution in [0.15, 0.2) is 21.9 Å². The summed E-state index contributed by atoms with van der Waals surface area (Å²) in [5.74, 6) is -2.76. The van der Waals surface area contributed by atoms with Gasteiger partial charge in [-0.3, -0.25) is 14.3 Å². The average Bonchev–Trinajstić information content (AvgIpc) is 3.41. The fourth-order valence-electron chi connectivity index (χ4n) is 4.36. The summed E-state index contributed by atoms with van der Waals surface area (Å²) in [6.45, 7) is 3.28. The number of carboxylic acids is 1. The number of rotatable bonds is 13. The zero-order valence-electron chi connectivity index (χ0n) is 22.5. The van der Waals surface area contributed by atoms with Crippen molar-refractivity contribution in [1.29, 1.82) is 0 Å². The Morgan fingerprint density at radius 2 is 1.85 bits per heavy atom. The van der Waals surface area contributed by atoms with Crippen LogP contribution in [0.5, 0.6) is 0 Å². The van der Waals surface area contributed by atoms with E-state index < -0.39 is 72.5 Å². The molecule has 2 saturated heterocycles. The Balaban J connectivity index is 0.000000745. The fraction of sp³-hybridized carbons (Fsp3) is 0.792. The molecular formula is C24H39F3N4O10. The number of carboxylic acid groups (broad SMARTS) is 1. The van der Waals surface area contributed by atoms with Crippen molar-refractivity contribution in [2.75, 3.05) is 19.6 Å². The molecule has 41 heavy (non-hydrogen) atoms. The van der Waals surface area contributed by atoms with Gasteiger partial charge in [0.05, 0.1) is 12.2 Å². The Morgan fingerprint density at radius 3 is 2.41 bits per heavy atom. The lowest BCUT2D eigenvalue weighted by atomic mass is 10.1. The first-order valence-corrected chi connectivity index (χ1v) is 13.3. The normalized spacial score (nSPS) is 28.7. The molecule has 1 aromatic rings. The highest BCUT2D eigenvalue weighted by Gasteiger charge is 2.47. The van der Waals surface area contributed by atoms with Crippen molar-refractivity contribution < 1.29 is 52.6 Å². The van der Waals surface area contributed by atoms with Crippen LogP contribution in [0.2, 0.25) is 0 Å². The minimum absolute atomic E-state index is 0.0224. The molecule has 2 fully saturated rings. The molecule has 0 amide bonds. The van der Waals surface area contributed by atoms with Crippen LogP contribution in [0, 0.1) is 0 Å². The number of aliphatic hydroxyl groups excluding tert-OH is 3. The third kappa shape index (κ3) is 10.4. The number of nitrogens with one attached hydrogen (secondary N) is 2. The number of unbranched alkanes of at least 4 members (excludes halogenated alkanes) is 4. The second-order valence-electron chi connectivity index (χ2n) is 9.74. The van der Waals surface area contributed by atoms with E-state index in [2.05, 4.69) is 17.2 Å². The third-order valence-corrected chi connectivity index (χ3v) is 6.56. The summed E-state index contributed by atoms with van der Waals surface area (Å²) >= 11 is 0. The molecule has 14 nitrogen and oxygen atoms in total. The first-order valence-electron chi connectivity index (χ1n) is 13.3. The van der Waals surface area contributed by atoms with Crippen LogP contribution >= 0.6 is 0 Å². The molecule has 8 atom stereocenters. The molecule has 1 aromatic heterocycles. The number of aliphatic hydroxyl groups is 3. The Labute approximate surface area is 233 Å². The van der Waals surface area contributed by atoms with Crippen LogP contribution in [0.4, 0.5) is 13.2 Å². The predicted octanol–water partition coefficient (Wildman–Crippen LogP) is -0.831. The Morgan fingerprint density at radius 1 is 1.20 bits per heavy atom. The summed E-state index contributed by atoms with van der Waals surface area (Å²) in [4.78, 5) is 34.6. The van der Waals surface area contributed by atoms with E-state index in [-0.39, 0.29) is 13.0 Å². The number of halogens is 3. The summed E-state index contributed by atoms with van der Waals surface area (Å²) < 4.78 is 50.4. The number of alkyl halides is 3. The lowest BCUT2D eigenvalue weighted by molar-refractivity contribution is -0.213. The van der Waals surface area contributed by atoms with Crippen LogP contribution in [0.25, 0.3) is 0 Å². The lowest BCUT2D eigenvalue weighted by Crippen LogP contribution is -2.44. The lowest BCUT2D eigenvalue weighted by Gasteiger charge is -2.28. The number of nitrogens with zero attached hydrogens (tertiary/aromatic N) is 1. The van der Waals surface area contributed by atoms with Crippen LogP contribution in [0.1, 0.15) is 51.7 Å². The minimum atomic E-state index is -5.08. The van der Waals surface area contributed by atoms with Crippen molar-refractivity contribution >= 4 is 5.97 Å². The van der Waals surface area contributed by atoms with Gasteiger partial charge in [0.15, 0.2) is 12.5 Å². The van der Waals surface area contributed by atoms with E-state index in [1.54, 1.807) is 0 Å². The molecule has 3 heterocycles. The SMILES string of the molecule is CCCCCCCNC[C@H](O[C@@H]1O[C@H](CN)[C@@H](O)[C@H]1O)[C@@H]1C[C@@H](O)[C@H](n2ccc(=O)[nH]c2=O)O1.O=C(O)C(F)(F)F. The van der Waals surface area contributed by atoms with E-state index in [4.69, 9.17) is 29.8 Å². The van der Waals surface area contributed by atoms with Gasteiger partial charge in [-0.05, 0) is 13.0 Å². The van der Waals surface area contributed by atoms with Gasteiger partial charge in [-0.15, -0.1) is 0 Å². The van der Waals surface area contributed by atoms with Crippen LogP contribution in [-0.2, 0) is 19.0 Å². The second-order valence-corrected chi connectivity index (χ2v) is 9.74. The number of nitrogens with two attached hydrogens (primary N) is 1. The van der Waals surface area contributed by atoms with Gasteiger partial charge in [0.2, 0.25) is 0 Å². The number of ether oxygens (including phenoxy) is 3. The third-order valence-electron chi connectivity index (χ3n) is 6.56. The highest BCUT2D eigenvalue weighted by Crippen LogP contribution is 2.32. The summed E-state index contributed by atoms with van der Waals surface area (Å²) in [5, 5.41) is 41.5. The molecule has 0 bridgehead atoms. The van der Waals surface area contributed by atoms with E-state index in [1.807, 2.05) is 0 Å². The first-order chi connectivity index (χ1) is 19.3. The summed E-state index contributed by atoms with van der Waals surface area (Å²) in [6, 6.07) is 1.18. The fourth-order valence-corrected chi connectivity index (χ4v) is 4.36. The number of aliphatic carboxylic acids is 1. The molecule has 0 spiro atoms. The maximum absolute atomic E-state index is 12.2. The second kappa shape index (κ2) is 16.3. The van der Waals surface area contributed by atoms with Crippen LogP contribution < -0.4 is 22.3 Å². The molecule has 0 saturated carbocycles. The van der Waals surface area contributed by atoms with Crippen molar-refractivity contribution in [3.63, 3.8) is 0 Å². The molecule has 0 unspecified atom stereocenters. The first kappa shape index (κ1) is 34.8. The number of carbonyl (C=O) groups is 1. The zero-order valence-corrected chi connectivity index (χ0v) is 22.5. The van der Waals surface area contributed by atoms with Crippen molar-refractivity contribution in [3.05, 3.63) is 33.1 Å². The molecule has 2 aliphatic heterocycles. The molecule has 0 radical (unpaired) electrons. The van der Waals surface area contributed by atoms with E-state index in [1.165, 1.54) is 31.5 Å². The quantitative estimate of drug-likeness (QED) is 0.138. The van der Waals surface area contributed by atoms with Gasteiger partial charge < -0.3 is 45.7 Å². The summed E-state index contributed by atoms with van der Waals surface area (Å²) in [6.07, 6.45) is -5.67. The molecular weight excluding hydrogens is 561 g/mol. The molecule has 0 aliphatic carbocycles. The van der Waals surface area contributed by atoms with Gasteiger partial charge in [0, 0.05) is 31.8 Å². The van der Waals surface area contributed by atoms with Crippen molar-refractivity contribution in [2.45, 2.75) is 101 Å². The number of aromatic nitrogens is 2. The van der Waals surface area contributed by atoms with Gasteiger partial charge in [0.1, 0.15) is 24.4 Å². The number of hydrogen-bond donors (Lipinski definition) is 7. The summed E-state index contributed by atoms with van der Waals surface area (Å²) in [7, 11) is 0. The van der Waals surface area contributed by atoms with E-state index in [9.17, 15) is 38.1 Å². The topological polar surface area (TPSA) is 219 Å². The minimum Gasteiger partial charge on any atom is -0.475 e. The standard InChI is InChI=1S/C22H38N4O8.C2HF3O2/c1-2-3-4-5-6-8-24-12-16(34-21-19(30)18(29)15(11-23)33-21)14-10-13(27)20(32-14)26-9-7-17(28)25-22(26)31;3-2(4,5)1(6)7/h7,9,13-16,18-21,24,27,29-30H,2-6,8,10-12,23H2,1H3,(H,25,28,31);(H,6,7)/t13-,14+,15-,16+,18-,19-,20-,21+;/m1./s1. The predicted molar refractivity (Wildman–Crippen MR) is 136 cm³/mol. The Hall–Kier alpha value is -2.38. The van der Waals surface area contributed by atoms with Gasteiger partial charge in [-0.1, -0.05) is 32.6 Å². The molecule has 2 aliphatic rings. The monoisotopic (exact) mass is 600 g/mol. The Bertz CT molecular complexity index is 1060. The molecule has 17 heteroatoms. The largest absolute Gasteiger partial charge is 0.490 e. The van der Waals surface area contributed by atoms with Crippen LogP contribution in [0.3, 0.4) is 0 Å². The summed E-state index contributed by atoms with van der Waals surface area (Å²) in [5.41, 5.74) is 4.36. The van der Waals surface area contributed by atoms with E-state index in [0.717, 1.165) is 24.0 Å². The Kier molecular flexibility index (Phi) is 13.8. The average molecular weight is 601 g/mol. The maximum atomic E-state index is 12.2. The number of aromatic amines is 1. The van der Waals surface area contributed by atoms with Gasteiger partial charge in [-0.25, -0.2) is 9.59 Å². The number of H-pyrrole nitrogens is 1. The molecule has 0 aromatic carbocycles. The van der Waals surface area contributed by atoms with Crippen LogP contribution in [-0.4, -0.2) is 105 Å². The number of hydrogen-bond acceptors (Lipinski definition) is 11. The highest BCUT2D eigenvalue weighted by molar-refractivity contribution is 5.73.